The molecule has 0 saturated heterocycles. The Morgan fingerprint density at radius 2 is 1.54 bits per heavy atom. The monoisotopic (exact) mass is 347 g/mol. The van der Waals surface area contributed by atoms with Gasteiger partial charge in [0.1, 0.15) is 17.2 Å². The summed E-state index contributed by atoms with van der Waals surface area (Å²) in [7, 11) is 0. The Balaban J connectivity index is 1.68. The third kappa shape index (κ3) is 4.95. The van der Waals surface area contributed by atoms with E-state index in [-0.39, 0.29) is 0 Å². The maximum Gasteiger partial charge on any atom is 0.341 e. The Bertz CT molecular complexity index is 889. The highest BCUT2D eigenvalue weighted by Gasteiger charge is 2.03. The van der Waals surface area contributed by atoms with E-state index in [0.29, 0.717) is 11.3 Å². The van der Waals surface area contributed by atoms with E-state index < -0.39 is 12.6 Å². The third-order valence-electron chi connectivity index (χ3n) is 3.44. The number of ether oxygens (including phenoxy) is 2. The number of rotatable bonds is 7. The van der Waals surface area contributed by atoms with Gasteiger partial charge in [-0.05, 0) is 48.5 Å². The number of carboxylic acid groups (broad SMARTS) is 1. The van der Waals surface area contributed by atoms with Gasteiger partial charge in [0.2, 0.25) is 0 Å². The summed E-state index contributed by atoms with van der Waals surface area (Å²) in [5.74, 6) is 0.946. The average Bonchev–Trinajstić information content (AvgIpc) is 2.67. The smallest absolute Gasteiger partial charge is 0.341 e. The van der Waals surface area contributed by atoms with Crippen molar-refractivity contribution in [3.63, 3.8) is 0 Å². The Kier molecular flexibility index (Phi) is 5.62. The number of nitrogens with zero attached hydrogens (tertiary/aromatic N) is 1. The highest BCUT2D eigenvalue weighted by molar-refractivity contribution is 5.85. The standard InChI is InChI=1S/C21H17NO4/c23-21(24)15-25-20-9-5-4-6-16(20)14-22-17-10-12-19(13-11-17)26-18-7-2-1-3-8-18/h1-14H,15H2,(H,23,24). The van der Waals surface area contributed by atoms with Gasteiger partial charge >= 0.3 is 5.97 Å². The van der Waals surface area contributed by atoms with E-state index in [0.717, 1.165) is 17.2 Å². The number of carbonyl (C=O) groups is 1. The number of para-hydroxylation sites is 2. The predicted octanol–water partition coefficient (Wildman–Crippen LogP) is 4.69. The van der Waals surface area contributed by atoms with E-state index in [2.05, 4.69) is 4.99 Å². The maximum absolute atomic E-state index is 10.7. The molecule has 0 heterocycles. The van der Waals surface area contributed by atoms with Crippen molar-refractivity contribution >= 4 is 17.9 Å². The largest absolute Gasteiger partial charge is 0.481 e. The first-order valence-corrected chi connectivity index (χ1v) is 8.01. The zero-order valence-electron chi connectivity index (χ0n) is 13.9. The summed E-state index contributed by atoms with van der Waals surface area (Å²) in [5.41, 5.74) is 1.46. The number of carboxylic acids is 1. The topological polar surface area (TPSA) is 68.1 Å². The molecule has 1 N–H and O–H groups in total. The zero-order valence-corrected chi connectivity index (χ0v) is 13.9. The quantitative estimate of drug-likeness (QED) is 0.629. The minimum Gasteiger partial charge on any atom is -0.481 e. The Labute approximate surface area is 151 Å². The minimum absolute atomic E-state index is 0.392. The van der Waals surface area contributed by atoms with Crippen LogP contribution in [0, 0.1) is 0 Å². The van der Waals surface area contributed by atoms with Crippen molar-refractivity contribution in [2.24, 2.45) is 4.99 Å². The maximum atomic E-state index is 10.7. The van der Waals surface area contributed by atoms with E-state index in [1.807, 2.05) is 66.7 Å². The number of aliphatic carboxylic acids is 1. The second-order valence-corrected chi connectivity index (χ2v) is 5.39. The van der Waals surface area contributed by atoms with Crippen LogP contribution in [0.4, 0.5) is 5.69 Å². The lowest BCUT2D eigenvalue weighted by Gasteiger charge is -2.06. The molecule has 3 aromatic rings. The van der Waals surface area contributed by atoms with E-state index >= 15 is 0 Å². The fraction of sp³-hybridized carbons (Fsp3) is 0.0476. The molecule has 5 nitrogen and oxygen atoms in total. The molecule has 0 amide bonds. The van der Waals surface area contributed by atoms with Crippen LogP contribution in [-0.2, 0) is 4.79 Å². The highest BCUT2D eigenvalue weighted by atomic mass is 16.5. The van der Waals surface area contributed by atoms with Crippen molar-refractivity contribution in [3.8, 4) is 17.2 Å². The van der Waals surface area contributed by atoms with Gasteiger partial charge in [-0.15, -0.1) is 0 Å². The molecule has 26 heavy (non-hydrogen) atoms. The number of hydrogen-bond acceptors (Lipinski definition) is 4. The lowest BCUT2D eigenvalue weighted by molar-refractivity contribution is -0.139. The molecule has 0 aliphatic rings. The molecular formula is C21H17NO4. The van der Waals surface area contributed by atoms with Crippen LogP contribution >= 0.6 is 0 Å². The van der Waals surface area contributed by atoms with Crippen molar-refractivity contribution in [1.82, 2.24) is 0 Å². The van der Waals surface area contributed by atoms with Gasteiger partial charge in [0.05, 0.1) is 5.69 Å². The molecule has 0 spiro atoms. The summed E-state index contributed by atoms with van der Waals surface area (Å²) in [5, 5.41) is 8.73. The van der Waals surface area contributed by atoms with E-state index in [1.54, 1.807) is 18.3 Å². The van der Waals surface area contributed by atoms with Gasteiger partial charge in [-0.1, -0.05) is 30.3 Å². The first-order valence-electron chi connectivity index (χ1n) is 8.01. The van der Waals surface area contributed by atoms with Crippen molar-refractivity contribution in [3.05, 3.63) is 84.4 Å². The summed E-state index contributed by atoms with van der Waals surface area (Å²) in [6.45, 7) is -0.392. The van der Waals surface area contributed by atoms with Crippen LogP contribution in [0.15, 0.2) is 83.9 Å². The SMILES string of the molecule is O=C(O)COc1ccccc1C=Nc1ccc(Oc2ccccc2)cc1. The van der Waals surface area contributed by atoms with Crippen LogP contribution in [0.3, 0.4) is 0 Å². The molecule has 0 aromatic heterocycles. The fourth-order valence-electron chi connectivity index (χ4n) is 2.23. The van der Waals surface area contributed by atoms with Crippen molar-refractivity contribution < 1.29 is 19.4 Å². The van der Waals surface area contributed by atoms with Gasteiger partial charge in [0, 0.05) is 11.8 Å². The molecule has 0 atom stereocenters. The number of hydrogen-bond donors (Lipinski definition) is 1. The first-order chi connectivity index (χ1) is 12.7. The molecule has 0 fully saturated rings. The Morgan fingerprint density at radius 3 is 2.27 bits per heavy atom. The summed E-state index contributed by atoms with van der Waals surface area (Å²) in [6, 6.07) is 24.0. The van der Waals surface area contributed by atoms with Gasteiger partial charge in [-0.3, -0.25) is 4.99 Å². The van der Waals surface area contributed by atoms with Crippen LogP contribution in [0.2, 0.25) is 0 Å². The summed E-state index contributed by atoms with van der Waals surface area (Å²) < 4.78 is 11.0. The van der Waals surface area contributed by atoms with Gasteiger partial charge in [-0.25, -0.2) is 4.79 Å². The van der Waals surface area contributed by atoms with Gasteiger partial charge < -0.3 is 14.6 Å². The van der Waals surface area contributed by atoms with E-state index in [1.165, 1.54) is 0 Å². The molecular weight excluding hydrogens is 330 g/mol. The van der Waals surface area contributed by atoms with Gasteiger partial charge in [-0.2, -0.15) is 0 Å². The highest BCUT2D eigenvalue weighted by Crippen LogP contribution is 2.24. The molecule has 3 aromatic carbocycles. The van der Waals surface area contributed by atoms with Gasteiger partial charge in [0.15, 0.2) is 6.61 Å². The van der Waals surface area contributed by atoms with Crippen LogP contribution in [-0.4, -0.2) is 23.9 Å². The average molecular weight is 347 g/mol. The second-order valence-electron chi connectivity index (χ2n) is 5.39. The van der Waals surface area contributed by atoms with Crippen LogP contribution < -0.4 is 9.47 Å². The summed E-state index contributed by atoms with van der Waals surface area (Å²) >= 11 is 0. The molecule has 0 aliphatic carbocycles. The number of benzene rings is 3. The fourth-order valence-corrected chi connectivity index (χ4v) is 2.23. The molecule has 0 radical (unpaired) electrons. The molecule has 0 saturated carbocycles. The van der Waals surface area contributed by atoms with Crippen molar-refractivity contribution in [2.45, 2.75) is 0 Å². The van der Waals surface area contributed by atoms with Crippen LogP contribution in [0.5, 0.6) is 17.2 Å². The lowest BCUT2D eigenvalue weighted by Crippen LogP contribution is -2.10. The predicted molar refractivity (Wildman–Crippen MR) is 99.8 cm³/mol. The Hall–Kier alpha value is -3.60. The first kappa shape index (κ1) is 17.2. The van der Waals surface area contributed by atoms with E-state index in [4.69, 9.17) is 14.6 Å². The zero-order chi connectivity index (χ0) is 18.2. The molecule has 0 bridgehead atoms. The van der Waals surface area contributed by atoms with Crippen LogP contribution in [0.25, 0.3) is 0 Å². The van der Waals surface area contributed by atoms with E-state index in [9.17, 15) is 4.79 Å². The van der Waals surface area contributed by atoms with Gasteiger partial charge in [0.25, 0.3) is 0 Å². The molecule has 0 unspecified atom stereocenters. The molecule has 130 valence electrons. The lowest BCUT2D eigenvalue weighted by atomic mass is 10.2. The second kappa shape index (κ2) is 8.48. The Morgan fingerprint density at radius 1 is 0.885 bits per heavy atom. The third-order valence-corrected chi connectivity index (χ3v) is 3.44. The molecule has 3 rings (SSSR count). The normalized spacial score (nSPS) is 10.6. The number of aliphatic imine (C=N–C) groups is 1. The van der Waals surface area contributed by atoms with Crippen LogP contribution in [0.1, 0.15) is 5.56 Å². The van der Waals surface area contributed by atoms with Crippen molar-refractivity contribution in [1.29, 1.82) is 0 Å². The summed E-state index contributed by atoms with van der Waals surface area (Å²) in [6.07, 6.45) is 1.64. The molecule has 0 aliphatic heterocycles. The molecule has 5 heteroatoms. The van der Waals surface area contributed by atoms with Crippen molar-refractivity contribution in [2.75, 3.05) is 6.61 Å². The summed E-state index contributed by atoms with van der Waals surface area (Å²) in [4.78, 5) is 15.1. The minimum atomic E-state index is -1.02.